The van der Waals surface area contributed by atoms with Crippen molar-refractivity contribution in [1.29, 1.82) is 0 Å². The van der Waals surface area contributed by atoms with Crippen molar-refractivity contribution in [2.75, 3.05) is 12.7 Å². The van der Waals surface area contributed by atoms with E-state index < -0.39 is 7.95 Å². The van der Waals surface area contributed by atoms with Crippen molar-refractivity contribution in [1.82, 2.24) is 5.09 Å². The maximum atomic E-state index is 10.5. The van der Waals surface area contributed by atoms with Gasteiger partial charge in [-0.2, -0.15) is 0 Å². The topological polar surface area (TPSA) is 29.1 Å². The van der Waals surface area contributed by atoms with E-state index in [1.165, 1.54) is 0 Å². The van der Waals surface area contributed by atoms with E-state index >= 15 is 0 Å². The Kier molecular flexibility index (Phi) is 1.40. The Bertz CT molecular complexity index is 93.7. The third kappa shape index (κ3) is 1.22. The minimum atomic E-state index is -1.00. The van der Waals surface area contributed by atoms with Crippen LogP contribution in [-0.4, -0.2) is 12.7 Å². The fourth-order valence-corrected chi connectivity index (χ4v) is 2.01. The average Bonchev–Trinajstić information content (AvgIpc) is 1.87. The molecule has 40 valence electrons. The lowest BCUT2D eigenvalue weighted by molar-refractivity contribution is 0.586. The second-order valence-corrected chi connectivity index (χ2v) is 3.47. The molecular weight excluding hydrogens is 109 g/mol. The summed E-state index contributed by atoms with van der Waals surface area (Å²) in [5.74, 6) is 0.628. The zero-order valence-corrected chi connectivity index (χ0v) is 5.24. The molecule has 0 spiro atoms. The predicted octanol–water partition coefficient (Wildman–Crippen LogP) is 0.968. The molecule has 2 atom stereocenters. The number of rotatable bonds is 0. The number of hydrogen-bond acceptors (Lipinski definition) is 1. The van der Waals surface area contributed by atoms with Crippen molar-refractivity contribution < 1.29 is 4.57 Å². The van der Waals surface area contributed by atoms with Gasteiger partial charge in [-0.1, -0.05) is 11.5 Å². The molecule has 1 N–H and O–H groups in total. The summed E-state index contributed by atoms with van der Waals surface area (Å²) in [5.41, 5.74) is 0. The van der Waals surface area contributed by atoms with E-state index in [1.54, 1.807) is 0 Å². The summed E-state index contributed by atoms with van der Waals surface area (Å²) in [6.07, 6.45) is 0.870. The van der Waals surface area contributed by atoms with Crippen molar-refractivity contribution in [3.8, 4) is 0 Å². The summed E-state index contributed by atoms with van der Waals surface area (Å²) < 4.78 is 10.5. The van der Waals surface area contributed by atoms with Crippen LogP contribution in [0.1, 0.15) is 6.92 Å². The Morgan fingerprint density at radius 3 is 2.71 bits per heavy atom. The molecule has 1 saturated heterocycles. The molecular formula is C4H9NOP+. The van der Waals surface area contributed by atoms with E-state index in [9.17, 15) is 4.57 Å². The van der Waals surface area contributed by atoms with E-state index in [0.29, 0.717) is 5.92 Å². The Labute approximate surface area is 44.1 Å². The van der Waals surface area contributed by atoms with Crippen LogP contribution in [0.2, 0.25) is 0 Å². The van der Waals surface area contributed by atoms with Crippen LogP contribution in [0, 0.1) is 5.92 Å². The van der Waals surface area contributed by atoms with E-state index in [2.05, 4.69) is 12.0 Å². The smallest absolute Gasteiger partial charge is 0.109 e. The van der Waals surface area contributed by atoms with E-state index in [0.717, 1.165) is 12.7 Å². The van der Waals surface area contributed by atoms with Crippen LogP contribution >= 0.6 is 7.95 Å². The standard InChI is InChI=1S/C4H9NOP/c1-4-2-5-7(6)3-4/h4H,2-3H2,1H3,(H,5,6)/q+1. The monoisotopic (exact) mass is 118 g/mol. The highest BCUT2D eigenvalue weighted by Gasteiger charge is 2.27. The molecule has 0 aromatic heterocycles. The summed E-state index contributed by atoms with van der Waals surface area (Å²) in [6.45, 7) is 3.04. The molecule has 1 rings (SSSR count). The van der Waals surface area contributed by atoms with Crippen LogP contribution in [-0.2, 0) is 4.57 Å². The molecule has 0 radical (unpaired) electrons. The molecule has 1 fully saturated rings. The van der Waals surface area contributed by atoms with Gasteiger partial charge in [0, 0.05) is 12.5 Å². The molecule has 1 heterocycles. The van der Waals surface area contributed by atoms with Gasteiger partial charge in [0.15, 0.2) is 6.16 Å². The van der Waals surface area contributed by atoms with Crippen molar-refractivity contribution in [3.63, 3.8) is 0 Å². The third-order valence-electron chi connectivity index (χ3n) is 1.09. The zero-order chi connectivity index (χ0) is 5.28. The molecule has 7 heavy (non-hydrogen) atoms. The third-order valence-corrected chi connectivity index (χ3v) is 2.58. The maximum absolute atomic E-state index is 10.5. The van der Waals surface area contributed by atoms with Crippen molar-refractivity contribution in [2.24, 2.45) is 5.92 Å². The fourth-order valence-electron chi connectivity index (χ4n) is 0.670. The van der Waals surface area contributed by atoms with Crippen molar-refractivity contribution in [3.05, 3.63) is 0 Å². The Morgan fingerprint density at radius 2 is 2.57 bits per heavy atom. The Morgan fingerprint density at radius 1 is 1.86 bits per heavy atom. The first-order valence-electron chi connectivity index (χ1n) is 2.47. The summed E-state index contributed by atoms with van der Waals surface area (Å²) >= 11 is 0. The quantitative estimate of drug-likeness (QED) is 0.480. The lowest BCUT2D eigenvalue weighted by Crippen LogP contribution is -2.01. The lowest BCUT2D eigenvalue weighted by Gasteiger charge is -1.83. The van der Waals surface area contributed by atoms with Crippen molar-refractivity contribution in [2.45, 2.75) is 6.92 Å². The first-order valence-corrected chi connectivity index (χ1v) is 3.91. The van der Waals surface area contributed by atoms with Gasteiger partial charge in [-0.05, 0) is 0 Å². The summed E-state index contributed by atoms with van der Waals surface area (Å²) in [5, 5.41) is 2.88. The molecule has 1 aliphatic heterocycles. The highest BCUT2D eigenvalue weighted by Crippen LogP contribution is 2.25. The minimum Gasteiger partial charge on any atom is -0.109 e. The Balaban J connectivity index is 2.40. The summed E-state index contributed by atoms with van der Waals surface area (Å²) in [6, 6.07) is 0. The summed E-state index contributed by atoms with van der Waals surface area (Å²) in [4.78, 5) is 0. The molecule has 0 amide bonds. The maximum Gasteiger partial charge on any atom is 0.432 e. The van der Waals surface area contributed by atoms with Gasteiger partial charge >= 0.3 is 7.95 Å². The summed E-state index contributed by atoms with van der Waals surface area (Å²) in [7, 11) is -1.00. The predicted molar refractivity (Wildman–Crippen MR) is 29.6 cm³/mol. The Hall–Kier alpha value is 0.0600. The molecule has 0 saturated carbocycles. The second-order valence-electron chi connectivity index (χ2n) is 2.03. The van der Waals surface area contributed by atoms with Gasteiger partial charge in [0.05, 0.1) is 0 Å². The second kappa shape index (κ2) is 1.89. The SMILES string of the molecule is CC1CN[P+](=O)C1. The van der Waals surface area contributed by atoms with Gasteiger partial charge in [0.2, 0.25) is 0 Å². The van der Waals surface area contributed by atoms with E-state index in [1.807, 2.05) is 0 Å². The fraction of sp³-hybridized carbons (Fsp3) is 1.00. The van der Waals surface area contributed by atoms with Crippen LogP contribution in [0.15, 0.2) is 0 Å². The largest absolute Gasteiger partial charge is 0.432 e. The van der Waals surface area contributed by atoms with Gasteiger partial charge < -0.3 is 0 Å². The van der Waals surface area contributed by atoms with Crippen LogP contribution in [0.4, 0.5) is 0 Å². The average molecular weight is 118 g/mol. The first-order chi connectivity index (χ1) is 3.29. The van der Waals surface area contributed by atoms with E-state index in [4.69, 9.17) is 0 Å². The molecule has 0 aliphatic carbocycles. The molecule has 3 heteroatoms. The number of nitrogens with one attached hydrogen (secondary N) is 1. The first kappa shape index (κ1) is 5.20. The van der Waals surface area contributed by atoms with E-state index in [-0.39, 0.29) is 0 Å². The van der Waals surface area contributed by atoms with Crippen LogP contribution in [0.25, 0.3) is 0 Å². The van der Waals surface area contributed by atoms with Crippen molar-refractivity contribution >= 4 is 7.95 Å². The van der Waals surface area contributed by atoms with Crippen LogP contribution < -0.4 is 5.09 Å². The normalized spacial score (nSPS) is 36.7. The highest BCUT2D eigenvalue weighted by molar-refractivity contribution is 7.42. The lowest BCUT2D eigenvalue weighted by atomic mass is 10.2. The van der Waals surface area contributed by atoms with Gasteiger partial charge in [-0.25, -0.2) is 0 Å². The molecule has 0 aromatic carbocycles. The highest BCUT2D eigenvalue weighted by atomic mass is 31.1. The number of hydrogen-bond donors (Lipinski definition) is 1. The van der Waals surface area contributed by atoms with Crippen LogP contribution in [0.3, 0.4) is 0 Å². The molecule has 2 nitrogen and oxygen atoms in total. The molecule has 0 bridgehead atoms. The molecule has 0 aromatic rings. The molecule has 2 unspecified atom stereocenters. The minimum absolute atomic E-state index is 0.628. The zero-order valence-electron chi connectivity index (χ0n) is 4.35. The van der Waals surface area contributed by atoms with Gasteiger partial charge in [0.25, 0.3) is 0 Å². The van der Waals surface area contributed by atoms with Gasteiger partial charge in [0.1, 0.15) is 0 Å². The van der Waals surface area contributed by atoms with Crippen LogP contribution in [0.5, 0.6) is 0 Å². The van der Waals surface area contributed by atoms with Gasteiger partial charge in [-0.3, -0.25) is 0 Å². The molecule has 1 aliphatic rings. The van der Waals surface area contributed by atoms with Gasteiger partial charge in [-0.15, -0.1) is 5.09 Å².